The number of nitrogens with one attached hydrogen (secondary N) is 2. The van der Waals surface area contributed by atoms with Crippen LogP contribution in [-0.2, 0) is 6.54 Å². The predicted molar refractivity (Wildman–Crippen MR) is 105 cm³/mol. The molecular weight excluding hydrogens is 356 g/mol. The summed E-state index contributed by atoms with van der Waals surface area (Å²) in [5, 5.41) is 5.46. The maximum Gasteiger partial charge on any atom is 0.274 e. The zero-order valence-corrected chi connectivity index (χ0v) is 15.6. The fourth-order valence-electron chi connectivity index (χ4n) is 2.59. The summed E-state index contributed by atoms with van der Waals surface area (Å²) in [6, 6.07) is 14.4. The van der Waals surface area contributed by atoms with Gasteiger partial charge in [0.05, 0.1) is 7.11 Å². The van der Waals surface area contributed by atoms with Gasteiger partial charge >= 0.3 is 0 Å². The van der Waals surface area contributed by atoms with Crippen molar-refractivity contribution in [2.24, 2.45) is 0 Å². The molecule has 2 amide bonds. The molecule has 2 aromatic carbocycles. The topological polar surface area (TPSA) is 93.2 Å². The van der Waals surface area contributed by atoms with Crippen molar-refractivity contribution >= 4 is 17.6 Å². The van der Waals surface area contributed by atoms with Crippen molar-refractivity contribution in [1.82, 2.24) is 15.3 Å². The van der Waals surface area contributed by atoms with Crippen LogP contribution in [0.2, 0.25) is 0 Å². The zero-order chi connectivity index (χ0) is 19.9. The van der Waals surface area contributed by atoms with Crippen LogP contribution in [0.4, 0.5) is 5.82 Å². The number of amides is 2. The molecule has 0 saturated heterocycles. The molecule has 0 fully saturated rings. The van der Waals surface area contributed by atoms with E-state index >= 15 is 0 Å². The third-order valence-electron chi connectivity index (χ3n) is 4.20. The Bertz CT molecular complexity index is 987. The molecule has 0 aliphatic rings. The molecule has 0 aliphatic heterocycles. The fourth-order valence-corrected chi connectivity index (χ4v) is 2.59. The maximum atomic E-state index is 12.6. The number of nitrogens with zero attached hydrogens (tertiary/aromatic N) is 2. The number of benzene rings is 2. The zero-order valence-electron chi connectivity index (χ0n) is 15.6. The van der Waals surface area contributed by atoms with Gasteiger partial charge < -0.3 is 15.4 Å². The molecule has 0 bridgehead atoms. The van der Waals surface area contributed by atoms with Crippen molar-refractivity contribution in [3.63, 3.8) is 0 Å². The van der Waals surface area contributed by atoms with E-state index in [4.69, 9.17) is 4.74 Å². The van der Waals surface area contributed by atoms with E-state index < -0.39 is 11.8 Å². The number of hydrogen-bond donors (Lipinski definition) is 2. The van der Waals surface area contributed by atoms with Crippen molar-refractivity contribution in [2.75, 3.05) is 12.4 Å². The van der Waals surface area contributed by atoms with Gasteiger partial charge in [0.25, 0.3) is 11.8 Å². The lowest BCUT2D eigenvalue weighted by Gasteiger charge is -2.11. The average Bonchev–Trinajstić information content (AvgIpc) is 2.73. The number of hydrogen-bond acceptors (Lipinski definition) is 5. The van der Waals surface area contributed by atoms with Crippen molar-refractivity contribution in [1.29, 1.82) is 0 Å². The highest BCUT2D eigenvalue weighted by atomic mass is 16.5. The first-order valence-corrected chi connectivity index (χ1v) is 8.67. The van der Waals surface area contributed by atoms with E-state index in [0.29, 0.717) is 17.9 Å². The second-order valence-corrected chi connectivity index (χ2v) is 6.05. The number of aromatic nitrogens is 2. The summed E-state index contributed by atoms with van der Waals surface area (Å²) in [4.78, 5) is 33.2. The quantitative estimate of drug-likeness (QED) is 0.690. The molecule has 3 aromatic rings. The van der Waals surface area contributed by atoms with Crippen LogP contribution < -0.4 is 15.4 Å². The minimum atomic E-state index is -0.415. The number of anilines is 1. The normalized spacial score (nSPS) is 10.2. The van der Waals surface area contributed by atoms with E-state index in [1.165, 1.54) is 12.4 Å². The van der Waals surface area contributed by atoms with Crippen LogP contribution in [-0.4, -0.2) is 28.9 Å². The highest BCUT2D eigenvalue weighted by Crippen LogP contribution is 2.15. The Morgan fingerprint density at radius 3 is 2.39 bits per heavy atom. The highest BCUT2D eigenvalue weighted by Gasteiger charge is 2.17. The summed E-state index contributed by atoms with van der Waals surface area (Å²) in [6.07, 6.45) is 2.83. The van der Waals surface area contributed by atoms with Crippen LogP contribution in [0.3, 0.4) is 0 Å². The summed E-state index contributed by atoms with van der Waals surface area (Å²) >= 11 is 0. The molecule has 142 valence electrons. The molecule has 0 unspecified atom stereocenters. The van der Waals surface area contributed by atoms with Gasteiger partial charge in [0.1, 0.15) is 5.75 Å². The molecule has 0 saturated carbocycles. The Labute approximate surface area is 162 Å². The number of carbonyl (C=O) groups excluding carboxylic acids is 2. The summed E-state index contributed by atoms with van der Waals surface area (Å²) < 4.78 is 5.08. The van der Waals surface area contributed by atoms with Gasteiger partial charge in [0, 0.05) is 24.5 Å². The molecule has 1 heterocycles. The lowest BCUT2D eigenvalue weighted by Crippen LogP contribution is -2.26. The average molecular weight is 376 g/mol. The first kappa shape index (κ1) is 19.0. The molecule has 2 N–H and O–H groups in total. The molecule has 7 heteroatoms. The van der Waals surface area contributed by atoms with E-state index in [0.717, 1.165) is 11.1 Å². The van der Waals surface area contributed by atoms with Gasteiger partial charge in [-0.2, -0.15) is 0 Å². The van der Waals surface area contributed by atoms with Gasteiger partial charge in [-0.05, 0) is 42.3 Å². The molecule has 1 aromatic heterocycles. The van der Waals surface area contributed by atoms with Crippen molar-refractivity contribution < 1.29 is 14.3 Å². The third kappa shape index (κ3) is 4.50. The largest absolute Gasteiger partial charge is 0.497 e. The van der Waals surface area contributed by atoms with Crippen molar-refractivity contribution in [3.8, 4) is 5.75 Å². The van der Waals surface area contributed by atoms with E-state index in [9.17, 15) is 9.59 Å². The second-order valence-electron chi connectivity index (χ2n) is 6.05. The Kier molecular flexibility index (Phi) is 5.96. The Morgan fingerprint density at radius 1 is 0.964 bits per heavy atom. The smallest absolute Gasteiger partial charge is 0.274 e. The Morgan fingerprint density at radius 2 is 1.68 bits per heavy atom. The molecule has 0 radical (unpaired) electrons. The minimum absolute atomic E-state index is 0.0537. The second kappa shape index (κ2) is 8.77. The van der Waals surface area contributed by atoms with Gasteiger partial charge in [-0.3, -0.25) is 9.59 Å². The molecule has 0 aliphatic carbocycles. The molecule has 3 rings (SSSR count). The molecule has 0 atom stereocenters. The van der Waals surface area contributed by atoms with Gasteiger partial charge in [-0.25, -0.2) is 9.97 Å². The Hall–Kier alpha value is -3.74. The molecule has 7 nitrogen and oxygen atoms in total. The van der Waals surface area contributed by atoms with E-state index in [1.807, 2.05) is 31.2 Å². The minimum Gasteiger partial charge on any atom is -0.497 e. The SMILES string of the molecule is COc1ccc(C(=O)Nc2nccnc2C(=O)NCc2ccccc2C)cc1. The fraction of sp³-hybridized carbons (Fsp3) is 0.143. The Balaban J connectivity index is 1.72. The number of methoxy groups -OCH3 is 1. The maximum absolute atomic E-state index is 12.6. The summed E-state index contributed by atoms with van der Waals surface area (Å²) in [5.74, 6) is -0.0598. The number of carbonyl (C=O) groups is 2. The van der Waals surface area contributed by atoms with Crippen LogP contribution >= 0.6 is 0 Å². The van der Waals surface area contributed by atoms with Gasteiger partial charge in [-0.15, -0.1) is 0 Å². The van der Waals surface area contributed by atoms with E-state index in [2.05, 4.69) is 20.6 Å². The monoisotopic (exact) mass is 376 g/mol. The molecular formula is C21H20N4O3. The highest BCUT2D eigenvalue weighted by molar-refractivity contribution is 6.07. The lowest BCUT2D eigenvalue weighted by molar-refractivity contribution is 0.0946. The summed E-state index contributed by atoms with van der Waals surface area (Å²) in [6.45, 7) is 2.33. The standard InChI is InChI=1S/C21H20N4O3/c1-14-5-3-4-6-16(14)13-24-21(27)18-19(23-12-11-22-18)25-20(26)15-7-9-17(28-2)10-8-15/h3-12H,13H2,1-2H3,(H,24,27)(H,23,25,26). The number of rotatable bonds is 6. The van der Waals surface area contributed by atoms with Crippen LogP contribution in [0.25, 0.3) is 0 Å². The first-order valence-electron chi connectivity index (χ1n) is 8.67. The van der Waals surface area contributed by atoms with Gasteiger partial charge in [0.15, 0.2) is 11.5 Å². The van der Waals surface area contributed by atoms with Crippen molar-refractivity contribution in [2.45, 2.75) is 13.5 Å². The summed E-state index contributed by atoms with van der Waals surface area (Å²) in [7, 11) is 1.55. The van der Waals surface area contributed by atoms with Crippen LogP contribution in [0.1, 0.15) is 32.0 Å². The van der Waals surface area contributed by atoms with Crippen LogP contribution in [0.15, 0.2) is 60.9 Å². The lowest BCUT2D eigenvalue weighted by atomic mass is 10.1. The van der Waals surface area contributed by atoms with Gasteiger partial charge in [0.2, 0.25) is 0 Å². The number of aryl methyl sites for hydroxylation is 1. The third-order valence-corrected chi connectivity index (χ3v) is 4.20. The van der Waals surface area contributed by atoms with E-state index in [-0.39, 0.29) is 11.5 Å². The number of ether oxygens (including phenoxy) is 1. The first-order chi connectivity index (χ1) is 13.6. The van der Waals surface area contributed by atoms with Gasteiger partial charge in [-0.1, -0.05) is 24.3 Å². The van der Waals surface area contributed by atoms with Crippen LogP contribution in [0.5, 0.6) is 5.75 Å². The molecule has 28 heavy (non-hydrogen) atoms. The van der Waals surface area contributed by atoms with Crippen LogP contribution in [0, 0.1) is 6.92 Å². The van der Waals surface area contributed by atoms with E-state index in [1.54, 1.807) is 31.4 Å². The predicted octanol–water partition coefficient (Wildman–Crippen LogP) is 2.98. The van der Waals surface area contributed by atoms with Crippen molar-refractivity contribution in [3.05, 3.63) is 83.3 Å². The summed E-state index contributed by atoms with van der Waals surface area (Å²) in [5.41, 5.74) is 2.55. The molecule has 0 spiro atoms.